The molecule has 170 valence electrons. The van der Waals surface area contributed by atoms with Crippen molar-refractivity contribution in [1.29, 1.82) is 0 Å². The molecule has 0 aliphatic rings. The lowest BCUT2D eigenvalue weighted by molar-refractivity contribution is -0.118. The molecule has 0 aromatic heterocycles. The van der Waals surface area contributed by atoms with Gasteiger partial charge in [-0.25, -0.2) is 4.79 Å². The third-order valence-electron chi connectivity index (χ3n) is 4.17. The molecule has 3 aromatic rings. The Morgan fingerprint density at radius 3 is 2.15 bits per heavy atom. The monoisotopic (exact) mass is 468 g/mol. The van der Waals surface area contributed by atoms with Crippen LogP contribution in [0.25, 0.3) is 0 Å². The van der Waals surface area contributed by atoms with E-state index >= 15 is 0 Å². The number of amides is 2. The average Bonchev–Trinajstić information content (AvgIpc) is 2.79. The number of benzene rings is 3. The lowest BCUT2D eigenvalue weighted by Crippen LogP contribution is -2.20. The van der Waals surface area contributed by atoms with Crippen LogP contribution in [0.15, 0.2) is 72.8 Å². The highest BCUT2D eigenvalue weighted by Gasteiger charge is 2.10. The molecular formula is C24H21ClN2O6. The summed E-state index contributed by atoms with van der Waals surface area (Å²) in [5.41, 5.74) is 1.34. The van der Waals surface area contributed by atoms with Gasteiger partial charge < -0.3 is 24.8 Å². The van der Waals surface area contributed by atoms with Crippen molar-refractivity contribution >= 4 is 40.9 Å². The maximum absolute atomic E-state index is 12.5. The minimum atomic E-state index is -0.813. The van der Waals surface area contributed by atoms with Gasteiger partial charge in [-0.1, -0.05) is 17.7 Å². The quantitative estimate of drug-likeness (QED) is 0.350. The van der Waals surface area contributed by atoms with E-state index in [1.807, 2.05) is 0 Å². The van der Waals surface area contributed by atoms with Gasteiger partial charge >= 0.3 is 6.16 Å². The van der Waals surface area contributed by atoms with E-state index < -0.39 is 6.16 Å². The van der Waals surface area contributed by atoms with Gasteiger partial charge in [0.15, 0.2) is 6.61 Å². The maximum atomic E-state index is 12.5. The second kappa shape index (κ2) is 11.5. The molecule has 0 aliphatic heterocycles. The largest absolute Gasteiger partial charge is 0.513 e. The number of nitrogens with one attached hydrogen (secondary N) is 2. The lowest BCUT2D eigenvalue weighted by atomic mass is 10.2. The van der Waals surface area contributed by atoms with Gasteiger partial charge in [0, 0.05) is 22.0 Å². The molecule has 3 aromatic carbocycles. The predicted octanol–water partition coefficient (Wildman–Crippen LogP) is 5.15. The Morgan fingerprint density at radius 1 is 0.848 bits per heavy atom. The molecule has 2 N–H and O–H groups in total. The van der Waals surface area contributed by atoms with Crippen LogP contribution in [0.4, 0.5) is 16.2 Å². The molecule has 3 rings (SSSR count). The highest BCUT2D eigenvalue weighted by atomic mass is 35.5. The van der Waals surface area contributed by atoms with Crippen LogP contribution in [0, 0.1) is 0 Å². The summed E-state index contributed by atoms with van der Waals surface area (Å²) in [7, 11) is 0. The standard InChI is InChI=1S/C24H21ClN2O6/c1-2-31-24(30)33-21-10-6-16(7-11-21)23(29)27-19-5-3-4-18(14-19)26-22(28)15-32-20-12-8-17(25)9-13-20/h3-14H,2,15H2,1H3,(H,26,28)(H,27,29). The topological polar surface area (TPSA) is 103 Å². The van der Waals surface area contributed by atoms with Gasteiger partial charge in [0.25, 0.3) is 11.8 Å². The first-order valence-corrected chi connectivity index (χ1v) is 10.3. The summed E-state index contributed by atoms with van der Waals surface area (Å²) in [6.45, 7) is 1.69. The molecule has 0 fully saturated rings. The van der Waals surface area contributed by atoms with E-state index in [0.717, 1.165) is 0 Å². The molecule has 0 radical (unpaired) electrons. The van der Waals surface area contributed by atoms with Gasteiger partial charge in [0.2, 0.25) is 0 Å². The minimum Gasteiger partial charge on any atom is -0.484 e. The van der Waals surface area contributed by atoms with Gasteiger partial charge in [-0.2, -0.15) is 0 Å². The molecule has 9 heteroatoms. The van der Waals surface area contributed by atoms with Crippen molar-refractivity contribution in [2.75, 3.05) is 23.8 Å². The summed E-state index contributed by atoms with van der Waals surface area (Å²) in [4.78, 5) is 36.0. The number of halogens is 1. The Labute approximate surface area is 195 Å². The summed E-state index contributed by atoms with van der Waals surface area (Å²) in [6, 6.07) is 19.4. The van der Waals surface area contributed by atoms with Crippen LogP contribution >= 0.6 is 11.6 Å². The smallest absolute Gasteiger partial charge is 0.484 e. The van der Waals surface area contributed by atoms with Crippen molar-refractivity contribution in [3.8, 4) is 11.5 Å². The van der Waals surface area contributed by atoms with Gasteiger partial charge in [0.05, 0.1) is 6.61 Å². The maximum Gasteiger partial charge on any atom is 0.513 e. The van der Waals surface area contributed by atoms with Crippen LogP contribution in [-0.4, -0.2) is 31.2 Å². The van der Waals surface area contributed by atoms with Crippen molar-refractivity contribution in [3.63, 3.8) is 0 Å². The van der Waals surface area contributed by atoms with Crippen LogP contribution in [0.3, 0.4) is 0 Å². The Morgan fingerprint density at radius 2 is 1.48 bits per heavy atom. The van der Waals surface area contributed by atoms with Gasteiger partial charge in [-0.3, -0.25) is 9.59 Å². The second-order valence-corrected chi connectivity index (χ2v) is 7.07. The van der Waals surface area contributed by atoms with Crippen LogP contribution in [0.2, 0.25) is 5.02 Å². The number of carbonyl (C=O) groups excluding carboxylic acids is 3. The second-order valence-electron chi connectivity index (χ2n) is 6.64. The highest BCUT2D eigenvalue weighted by Crippen LogP contribution is 2.19. The van der Waals surface area contributed by atoms with Gasteiger partial charge in [-0.15, -0.1) is 0 Å². The molecule has 2 amide bonds. The number of ether oxygens (including phenoxy) is 3. The summed E-state index contributed by atoms with van der Waals surface area (Å²) in [6.07, 6.45) is -0.813. The third-order valence-corrected chi connectivity index (χ3v) is 4.42. The number of hydrogen-bond acceptors (Lipinski definition) is 6. The first-order chi connectivity index (χ1) is 15.9. The van der Waals surface area contributed by atoms with E-state index in [1.165, 1.54) is 24.3 Å². The van der Waals surface area contributed by atoms with Crippen molar-refractivity contribution in [3.05, 3.63) is 83.4 Å². The molecule has 0 aliphatic carbocycles. The molecule has 0 unspecified atom stereocenters. The summed E-state index contributed by atoms with van der Waals surface area (Å²) < 4.78 is 15.1. The van der Waals surface area contributed by atoms with E-state index in [-0.39, 0.29) is 30.8 Å². The fourth-order valence-corrected chi connectivity index (χ4v) is 2.80. The summed E-state index contributed by atoms with van der Waals surface area (Å²) >= 11 is 5.82. The Bertz CT molecular complexity index is 1120. The van der Waals surface area contributed by atoms with Crippen molar-refractivity contribution in [1.82, 2.24) is 0 Å². The molecule has 0 spiro atoms. The summed E-state index contributed by atoms with van der Waals surface area (Å²) in [5, 5.41) is 6.04. The van der Waals surface area contributed by atoms with Crippen LogP contribution in [0.5, 0.6) is 11.5 Å². The van der Waals surface area contributed by atoms with Crippen molar-refractivity contribution in [2.45, 2.75) is 6.92 Å². The van der Waals surface area contributed by atoms with E-state index in [4.69, 9.17) is 25.8 Å². The van der Waals surface area contributed by atoms with Crippen molar-refractivity contribution < 1.29 is 28.6 Å². The molecule has 8 nitrogen and oxygen atoms in total. The average molecular weight is 469 g/mol. The third kappa shape index (κ3) is 7.55. The van der Waals surface area contributed by atoms with Gasteiger partial charge in [-0.05, 0) is 73.7 Å². The molecule has 0 saturated heterocycles. The SMILES string of the molecule is CCOC(=O)Oc1ccc(C(=O)Nc2cccc(NC(=O)COc3ccc(Cl)cc3)c2)cc1. The zero-order valence-electron chi connectivity index (χ0n) is 17.7. The fraction of sp³-hybridized carbons (Fsp3) is 0.125. The number of anilines is 2. The molecule has 0 heterocycles. The van der Waals surface area contributed by atoms with E-state index in [0.29, 0.717) is 27.7 Å². The first kappa shape index (κ1) is 23.6. The van der Waals surface area contributed by atoms with Gasteiger partial charge in [0.1, 0.15) is 11.5 Å². The number of hydrogen-bond donors (Lipinski definition) is 2. The lowest BCUT2D eigenvalue weighted by Gasteiger charge is -2.10. The van der Waals surface area contributed by atoms with Crippen molar-refractivity contribution in [2.24, 2.45) is 0 Å². The molecule has 0 bridgehead atoms. The Balaban J connectivity index is 1.53. The molecule has 0 saturated carbocycles. The van der Waals surface area contributed by atoms with Crippen LogP contribution in [0.1, 0.15) is 17.3 Å². The number of rotatable bonds is 8. The van der Waals surface area contributed by atoms with E-state index in [9.17, 15) is 14.4 Å². The molecular weight excluding hydrogens is 448 g/mol. The molecule has 0 atom stereocenters. The Kier molecular flexibility index (Phi) is 8.26. The normalized spacial score (nSPS) is 10.1. The zero-order chi connectivity index (χ0) is 23.6. The van der Waals surface area contributed by atoms with Crippen LogP contribution in [-0.2, 0) is 9.53 Å². The molecule has 33 heavy (non-hydrogen) atoms. The Hall–Kier alpha value is -4.04. The fourth-order valence-electron chi connectivity index (χ4n) is 2.67. The van der Waals surface area contributed by atoms with E-state index in [1.54, 1.807) is 55.5 Å². The predicted molar refractivity (Wildman–Crippen MR) is 124 cm³/mol. The zero-order valence-corrected chi connectivity index (χ0v) is 18.4. The minimum absolute atomic E-state index is 0.182. The summed E-state index contributed by atoms with van der Waals surface area (Å²) in [5.74, 6) is 0.0580. The van der Waals surface area contributed by atoms with E-state index in [2.05, 4.69) is 10.6 Å². The van der Waals surface area contributed by atoms with Crippen LogP contribution < -0.4 is 20.1 Å². The number of carbonyl (C=O) groups is 3. The first-order valence-electron chi connectivity index (χ1n) is 9.97. The highest BCUT2D eigenvalue weighted by molar-refractivity contribution is 6.30.